The van der Waals surface area contributed by atoms with Gasteiger partial charge in [0.25, 0.3) is 0 Å². The van der Waals surface area contributed by atoms with E-state index in [0.29, 0.717) is 0 Å². The number of benzene rings is 5. The molecule has 0 aliphatic heterocycles. The van der Waals surface area contributed by atoms with Crippen molar-refractivity contribution >= 4 is 50.6 Å². The summed E-state index contributed by atoms with van der Waals surface area (Å²) in [6, 6.07) is 34.2. The van der Waals surface area contributed by atoms with E-state index in [-0.39, 0.29) is 0 Å². The average molecular weight is 582 g/mol. The first-order chi connectivity index (χ1) is 21.6. The molecule has 0 saturated carbocycles. The maximum absolute atomic E-state index is 4.59. The molecule has 0 radical (unpaired) electrons. The number of anilines is 1. The van der Waals surface area contributed by atoms with Crippen molar-refractivity contribution in [2.24, 2.45) is 30.7 Å². The van der Waals surface area contributed by atoms with Crippen LogP contribution in [0.15, 0.2) is 134 Å². The summed E-state index contributed by atoms with van der Waals surface area (Å²) in [5.41, 5.74) is 8.27. The van der Waals surface area contributed by atoms with Crippen LogP contribution in [0.1, 0.15) is 44.7 Å². The minimum atomic E-state index is 0.753. The summed E-state index contributed by atoms with van der Waals surface area (Å²) < 4.78 is 0. The number of nitrogens with zero attached hydrogens (tertiary/aromatic N) is 7. The second kappa shape index (κ2) is 14.9. The van der Waals surface area contributed by atoms with Gasteiger partial charge in [0, 0.05) is 29.5 Å². The maximum Gasteiger partial charge on any atom is 0.0936 e. The standard InChI is InChI=1S/C37H39N7/c1-5-8-11-28-14-16-29(17-15-28)38-41-35-23-20-31(26-27(35)4)40-43-37-25-24-36(33-12-9-10-13-34(33)37)42-39-30-18-21-32(22-19-30)44(6-2)7-3/h9-10,12-26H,5-8,11H2,1-4H3. The van der Waals surface area contributed by atoms with Crippen LogP contribution in [0.2, 0.25) is 0 Å². The van der Waals surface area contributed by atoms with Gasteiger partial charge in [0.05, 0.1) is 34.1 Å². The molecule has 0 aliphatic rings. The Hall–Kier alpha value is -5.04. The third kappa shape index (κ3) is 7.67. The zero-order valence-corrected chi connectivity index (χ0v) is 26.0. The fourth-order valence-corrected chi connectivity index (χ4v) is 5.02. The molecule has 7 heteroatoms. The first kappa shape index (κ1) is 30.4. The Kier molecular flexibility index (Phi) is 10.3. The minimum absolute atomic E-state index is 0.753. The van der Waals surface area contributed by atoms with Crippen LogP contribution in [0, 0.1) is 6.92 Å². The molecule has 44 heavy (non-hydrogen) atoms. The van der Waals surface area contributed by atoms with Crippen LogP contribution in [-0.2, 0) is 6.42 Å². The predicted octanol–water partition coefficient (Wildman–Crippen LogP) is 12.6. The smallest absolute Gasteiger partial charge is 0.0936 e. The summed E-state index contributed by atoms with van der Waals surface area (Å²) in [6.07, 6.45) is 3.49. The van der Waals surface area contributed by atoms with Gasteiger partial charge in [-0.1, -0.05) is 49.7 Å². The maximum atomic E-state index is 4.59. The monoisotopic (exact) mass is 581 g/mol. The highest BCUT2D eigenvalue weighted by atomic mass is 15.1. The van der Waals surface area contributed by atoms with Gasteiger partial charge in [-0.2, -0.15) is 20.5 Å². The van der Waals surface area contributed by atoms with Gasteiger partial charge in [-0.05, 0) is 111 Å². The van der Waals surface area contributed by atoms with Gasteiger partial charge in [-0.3, -0.25) is 0 Å². The summed E-state index contributed by atoms with van der Waals surface area (Å²) in [5, 5.41) is 29.0. The van der Waals surface area contributed by atoms with Crippen molar-refractivity contribution in [1.82, 2.24) is 0 Å². The lowest BCUT2D eigenvalue weighted by atomic mass is 10.1. The second-order valence-corrected chi connectivity index (χ2v) is 10.7. The van der Waals surface area contributed by atoms with Crippen molar-refractivity contribution in [3.05, 3.63) is 114 Å². The van der Waals surface area contributed by atoms with Gasteiger partial charge in [0.15, 0.2) is 0 Å². The number of rotatable bonds is 12. The lowest BCUT2D eigenvalue weighted by molar-refractivity contribution is 0.795. The summed E-state index contributed by atoms with van der Waals surface area (Å²) >= 11 is 0. The van der Waals surface area contributed by atoms with Crippen molar-refractivity contribution in [3.8, 4) is 0 Å². The molecular weight excluding hydrogens is 542 g/mol. The Balaban J connectivity index is 1.30. The van der Waals surface area contributed by atoms with Crippen molar-refractivity contribution in [2.45, 2.75) is 47.0 Å². The zero-order chi connectivity index (χ0) is 30.7. The molecule has 0 amide bonds. The Morgan fingerprint density at radius 3 is 1.57 bits per heavy atom. The van der Waals surface area contributed by atoms with E-state index in [9.17, 15) is 0 Å². The number of hydrogen-bond donors (Lipinski definition) is 0. The van der Waals surface area contributed by atoms with E-state index >= 15 is 0 Å². The Morgan fingerprint density at radius 2 is 1.02 bits per heavy atom. The van der Waals surface area contributed by atoms with Crippen LogP contribution in [0.3, 0.4) is 0 Å². The van der Waals surface area contributed by atoms with E-state index in [1.807, 2.05) is 85.8 Å². The topological polar surface area (TPSA) is 77.4 Å². The van der Waals surface area contributed by atoms with Crippen LogP contribution in [-0.4, -0.2) is 13.1 Å². The van der Waals surface area contributed by atoms with E-state index in [0.717, 1.165) is 70.0 Å². The van der Waals surface area contributed by atoms with Gasteiger partial charge in [0.2, 0.25) is 0 Å². The predicted molar refractivity (Wildman–Crippen MR) is 183 cm³/mol. The molecular formula is C37H39N7. The molecule has 5 rings (SSSR count). The van der Waals surface area contributed by atoms with Crippen LogP contribution in [0.25, 0.3) is 10.8 Å². The van der Waals surface area contributed by atoms with Gasteiger partial charge in [-0.15, -0.1) is 10.2 Å². The van der Waals surface area contributed by atoms with Gasteiger partial charge >= 0.3 is 0 Å². The molecule has 5 aromatic carbocycles. The van der Waals surface area contributed by atoms with Crippen LogP contribution < -0.4 is 4.90 Å². The number of fused-ring (bicyclic) bond motifs is 1. The van der Waals surface area contributed by atoms with E-state index in [2.05, 4.69) is 80.6 Å². The summed E-state index contributed by atoms with van der Waals surface area (Å²) in [4.78, 5) is 2.30. The lowest BCUT2D eigenvalue weighted by Gasteiger charge is -2.20. The van der Waals surface area contributed by atoms with E-state index in [1.54, 1.807) is 0 Å². The van der Waals surface area contributed by atoms with Gasteiger partial charge in [-0.25, -0.2) is 0 Å². The minimum Gasteiger partial charge on any atom is -0.372 e. The molecule has 0 aromatic heterocycles. The molecule has 0 N–H and O–H groups in total. The SMILES string of the molecule is CCCCc1ccc(N=Nc2ccc(N=Nc3ccc(N=Nc4ccc(N(CC)CC)cc4)c4ccccc34)cc2C)cc1. The molecule has 5 aromatic rings. The fourth-order valence-electron chi connectivity index (χ4n) is 5.02. The van der Waals surface area contributed by atoms with Crippen molar-refractivity contribution in [2.75, 3.05) is 18.0 Å². The quantitative estimate of drug-likeness (QED) is 0.135. The van der Waals surface area contributed by atoms with E-state index in [4.69, 9.17) is 0 Å². The van der Waals surface area contributed by atoms with E-state index in [1.165, 1.54) is 24.1 Å². The molecule has 0 heterocycles. The summed E-state index contributed by atoms with van der Waals surface area (Å²) in [6.45, 7) is 10.5. The molecule has 7 nitrogen and oxygen atoms in total. The Bertz CT molecular complexity index is 1770. The largest absolute Gasteiger partial charge is 0.372 e. The van der Waals surface area contributed by atoms with E-state index < -0.39 is 0 Å². The summed E-state index contributed by atoms with van der Waals surface area (Å²) in [7, 11) is 0. The molecule has 222 valence electrons. The highest BCUT2D eigenvalue weighted by molar-refractivity contribution is 5.99. The first-order valence-corrected chi connectivity index (χ1v) is 15.4. The molecule has 0 bridgehead atoms. The number of unbranched alkanes of at least 4 members (excludes halogenated alkanes) is 1. The average Bonchev–Trinajstić information content (AvgIpc) is 3.07. The lowest BCUT2D eigenvalue weighted by Crippen LogP contribution is -2.21. The first-order valence-electron chi connectivity index (χ1n) is 15.4. The Labute approximate surface area is 260 Å². The normalized spacial score (nSPS) is 11.8. The highest BCUT2D eigenvalue weighted by Crippen LogP contribution is 2.36. The molecule has 0 spiro atoms. The van der Waals surface area contributed by atoms with Crippen LogP contribution in [0.5, 0.6) is 0 Å². The van der Waals surface area contributed by atoms with Gasteiger partial charge in [0.1, 0.15) is 0 Å². The summed E-state index contributed by atoms with van der Waals surface area (Å²) in [5.74, 6) is 0. The third-order valence-electron chi connectivity index (χ3n) is 7.61. The number of hydrogen-bond acceptors (Lipinski definition) is 7. The number of aryl methyl sites for hydroxylation is 2. The molecule has 0 saturated heterocycles. The third-order valence-corrected chi connectivity index (χ3v) is 7.61. The second-order valence-electron chi connectivity index (χ2n) is 10.7. The molecule has 0 fully saturated rings. The van der Waals surface area contributed by atoms with Crippen molar-refractivity contribution < 1.29 is 0 Å². The van der Waals surface area contributed by atoms with Crippen LogP contribution in [0.4, 0.5) is 39.8 Å². The van der Waals surface area contributed by atoms with Crippen molar-refractivity contribution in [3.63, 3.8) is 0 Å². The highest BCUT2D eigenvalue weighted by Gasteiger charge is 2.07. The van der Waals surface area contributed by atoms with Crippen LogP contribution >= 0.6 is 0 Å². The molecule has 0 aliphatic carbocycles. The molecule has 0 atom stereocenters. The molecule has 0 unspecified atom stereocenters. The zero-order valence-electron chi connectivity index (χ0n) is 26.0. The number of azo groups is 3. The van der Waals surface area contributed by atoms with Crippen molar-refractivity contribution in [1.29, 1.82) is 0 Å². The van der Waals surface area contributed by atoms with Gasteiger partial charge < -0.3 is 4.90 Å². The Morgan fingerprint density at radius 1 is 0.523 bits per heavy atom. The fraction of sp³-hybridized carbons (Fsp3) is 0.243.